The first-order chi connectivity index (χ1) is 19.9. The Balaban J connectivity index is 1.29. The average Bonchev–Trinajstić information content (AvgIpc) is 3.68. The summed E-state index contributed by atoms with van der Waals surface area (Å²) in [6, 6.07) is 9.88. The van der Waals surface area contributed by atoms with Gasteiger partial charge in [-0.3, -0.25) is 9.59 Å². The first-order valence-electron chi connectivity index (χ1n) is 14.5. The molecule has 41 heavy (non-hydrogen) atoms. The number of carbonyl (C=O) groups excluding carboxylic acids is 3. The Morgan fingerprint density at radius 2 is 1.88 bits per heavy atom. The van der Waals surface area contributed by atoms with E-state index in [9.17, 15) is 14.4 Å². The molecular weight excluding hydrogens is 558 g/mol. The van der Waals surface area contributed by atoms with Crippen molar-refractivity contribution in [1.82, 2.24) is 20.1 Å². The average molecular weight is 596 g/mol. The standard InChI is InChI=1S/C30H37N5O4S2/c1-3-39-29(38)26-22-15-10-16-23(22)41-28(26)32-27(37)19(2)40-30-34-33-24(35(30)21-13-8-5-9-14-21)18-31-25(36)17-20-11-6-4-7-12-20/h4,6-7,11-12,19,21H,3,5,8-10,13-18H2,1-2H3,(H,31,36)(H,32,37)/t19-/m0/s1. The predicted molar refractivity (Wildman–Crippen MR) is 160 cm³/mol. The molecule has 0 saturated heterocycles. The highest BCUT2D eigenvalue weighted by molar-refractivity contribution is 8.00. The lowest BCUT2D eigenvalue weighted by molar-refractivity contribution is -0.120. The minimum atomic E-state index is -0.478. The maximum atomic E-state index is 13.4. The van der Waals surface area contributed by atoms with Crippen molar-refractivity contribution in [2.45, 2.75) is 94.6 Å². The van der Waals surface area contributed by atoms with Crippen molar-refractivity contribution < 1.29 is 19.1 Å². The summed E-state index contributed by atoms with van der Waals surface area (Å²) in [5.74, 6) is 0.0548. The van der Waals surface area contributed by atoms with Crippen LogP contribution >= 0.6 is 23.1 Å². The number of ether oxygens (including phenoxy) is 1. The van der Waals surface area contributed by atoms with Gasteiger partial charge in [0.05, 0.1) is 30.4 Å². The fourth-order valence-corrected chi connectivity index (χ4v) is 7.79. The largest absolute Gasteiger partial charge is 0.462 e. The lowest BCUT2D eigenvalue weighted by Gasteiger charge is -2.26. The van der Waals surface area contributed by atoms with Crippen molar-refractivity contribution >= 4 is 45.9 Å². The summed E-state index contributed by atoms with van der Waals surface area (Å²) in [5, 5.41) is 15.7. The van der Waals surface area contributed by atoms with E-state index in [1.54, 1.807) is 6.92 Å². The van der Waals surface area contributed by atoms with Gasteiger partial charge in [-0.15, -0.1) is 21.5 Å². The first-order valence-corrected chi connectivity index (χ1v) is 16.2. The Morgan fingerprint density at radius 3 is 2.63 bits per heavy atom. The highest BCUT2D eigenvalue weighted by Crippen LogP contribution is 2.40. The number of anilines is 1. The van der Waals surface area contributed by atoms with Crippen LogP contribution < -0.4 is 10.6 Å². The summed E-state index contributed by atoms with van der Waals surface area (Å²) in [6.45, 7) is 4.19. The number of rotatable bonds is 11. The Morgan fingerprint density at radius 1 is 1.10 bits per heavy atom. The number of nitrogens with one attached hydrogen (secondary N) is 2. The minimum absolute atomic E-state index is 0.0726. The van der Waals surface area contributed by atoms with Crippen LogP contribution in [0.25, 0.3) is 0 Å². The number of benzene rings is 1. The van der Waals surface area contributed by atoms with Crippen LogP contribution in [-0.2, 0) is 40.1 Å². The molecule has 2 heterocycles. The summed E-state index contributed by atoms with van der Waals surface area (Å²) < 4.78 is 7.43. The Hall–Kier alpha value is -3.18. The SMILES string of the molecule is CCOC(=O)c1c(NC(=O)[C@H](C)Sc2nnc(CNC(=O)Cc3ccccc3)n2C2CCCCC2)sc2c1CCC2. The van der Waals surface area contributed by atoms with Crippen LogP contribution in [0.4, 0.5) is 5.00 Å². The van der Waals surface area contributed by atoms with Crippen LogP contribution in [0.15, 0.2) is 35.5 Å². The van der Waals surface area contributed by atoms with Gasteiger partial charge in [0.2, 0.25) is 11.8 Å². The number of hydrogen-bond donors (Lipinski definition) is 2. The smallest absolute Gasteiger partial charge is 0.341 e. The Bertz CT molecular complexity index is 1380. The van der Waals surface area contributed by atoms with Crippen LogP contribution in [0.2, 0.25) is 0 Å². The maximum absolute atomic E-state index is 13.4. The summed E-state index contributed by atoms with van der Waals surface area (Å²) in [4.78, 5) is 39.9. The zero-order chi connectivity index (χ0) is 28.8. The third-order valence-corrected chi connectivity index (χ3v) is 9.88. The topological polar surface area (TPSA) is 115 Å². The number of aromatic nitrogens is 3. The van der Waals surface area contributed by atoms with Crippen LogP contribution in [0.3, 0.4) is 0 Å². The summed E-state index contributed by atoms with van der Waals surface area (Å²) in [7, 11) is 0. The van der Waals surface area contributed by atoms with E-state index < -0.39 is 5.25 Å². The zero-order valence-corrected chi connectivity index (χ0v) is 25.2. The van der Waals surface area contributed by atoms with E-state index in [4.69, 9.17) is 4.74 Å². The number of hydrogen-bond acceptors (Lipinski definition) is 8. The monoisotopic (exact) mass is 595 g/mol. The van der Waals surface area contributed by atoms with Gasteiger partial charge < -0.3 is 19.9 Å². The molecule has 3 aromatic rings. The van der Waals surface area contributed by atoms with Crippen LogP contribution in [0.5, 0.6) is 0 Å². The van der Waals surface area contributed by atoms with Gasteiger partial charge in [0.1, 0.15) is 5.00 Å². The molecular formula is C30H37N5O4S2. The second-order valence-corrected chi connectivity index (χ2v) is 12.9. The van der Waals surface area contributed by atoms with E-state index in [0.717, 1.165) is 60.9 Å². The zero-order valence-electron chi connectivity index (χ0n) is 23.6. The van der Waals surface area contributed by atoms with E-state index >= 15 is 0 Å². The molecule has 2 amide bonds. The fraction of sp³-hybridized carbons (Fsp3) is 0.500. The quantitative estimate of drug-likeness (QED) is 0.223. The number of nitrogens with zero attached hydrogens (tertiary/aromatic N) is 3. The number of amides is 2. The molecule has 0 radical (unpaired) electrons. The highest BCUT2D eigenvalue weighted by atomic mass is 32.2. The van der Waals surface area contributed by atoms with E-state index in [-0.39, 0.29) is 37.0 Å². The lowest BCUT2D eigenvalue weighted by Crippen LogP contribution is -2.28. The molecule has 0 unspecified atom stereocenters. The number of thiophene rings is 1. The number of fused-ring (bicyclic) bond motifs is 1. The van der Waals surface area contributed by atoms with Gasteiger partial charge in [0, 0.05) is 10.9 Å². The van der Waals surface area contributed by atoms with E-state index in [0.29, 0.717) is 28.0 Å². The molecule has 2 aromatic heterocycles. The molecule has 2 N–H and O–H groups in total. The molecule has 5 rings (SSSR count). The minimum Gasteiger partial charge on any atom is -0.462 e. The molecule has 0 bridgehead atoms. The van der Waals surface area contributed by atoms with Crippen molar-refractivity contribution in [2.75, 3.05) is 11.9 Å². The summed E-state index contributed by atoms with van der Waals surface area (Å²) >= 11 is 2.84. The van der Waals surface area contributed by atoms with Crippen molar-refractivity contribution in [3.63, 3.8) is 0 Å². The van der Waals surface area contributed by atoms with E-state index in [1.807, 2.05) is 37.3 Å². The molecule has 2 aliphatic carbocycles. The third kappa shape index (κ3) is 7.01. The van der Waals surface area contributed by atoms with Crippen LogP contribution in [0.1, 0.15) is 90.6 Å². The molecule has 1 atom stereocenters. The van der Waals surface area contributed by atoms with E-state index in [1.165, 1.54) is 29.5 Å². The Labute approximate surface area is 248 Å². The first kappa shape index (κ1) is 29.3. The molecule has 9 nitrogen and oxygen atoms in total. The second-order valence-electron chi connectivity index (χ2n) is 10.5. The Kier molecular flexibility index (Phi) is 9.76. The van der Waals surface area contributed by atoms with Gasteiger partial charge in [0.15, 0.2) is 11.0 Å². The molecule has 0 aliphatic heterocycles. The third-order valence-electron chi connectivity index (χ3n) is 7.62. The van der Waals surface area contributed by atoms with Gasteiger partial charge in [-0.05, 0) is 57.1 Å². The molecule has 0 spiro atoms. The number of aryl methyl sites for hydroxylation is 1. The van der Waals surface area contributed by atoms with Crippen LogP contribution in [0, 0.1) is 0 Å². The molecule has 2 aliphatic rings. The van der Waals surface area contributed by atoms with E-state index in [2.05, 4.69) is 25.4 Å². The van der Waals surface area contributed by atoms with Gasteiger partial charge in [-0.1, -0.05) is 61.4 Å². The molecule has 1 aromatic carbocycles. The second kappa shape index (κ2) is 13.7. The lowest BCUT2D eigenvalue weighted by atomic mass is 9.95. The van der Waals surface area contributed by atoms with Crippen molar-refractivity contribution in [3.8, 4) is 0 Å². The summed E-state index contributed by atoms with van der Waals surface area (Å²) in [6.07, 6.45) is 8.55. The highest BCUT2D eigenvalue weighted by Gasteiger charge is 2.30. The van der Waals surface area contributed by atoms with Gasteiger partial charge in [0.25, 0.3) is 0 Å². The number of thioether (sulfide) groups is 1. The molecule has 11 heteroatoms. The van der Waals surface area contributed by atoms with Crippen LogP contribution in [-0.4, -0.2) is 44.4 Å². The summed E-state index contributed by atoms with van der Waals surface area (Å²) in [5.41, 5.74) is 2.48. The van der Waals surface area contributed by atoms with Crippen molar-refractivity contribution in [1.29, 1.82) is 0 Å². The van der Waals surface area contributed by atoms with Gasteiger partial charge in [-0.2, -0.15) is 0 Å². The molecule has 218 valence electrons. The molecule has 1 saturated carbocycles. The maximum Gasteiger partial charge on any atom is 0.341 e. The van der Waals surface area contributed by atoms with Crippen molar-refractivity contribution in [2.24, 2.45) is 0 Å². The van der Waals surface area contributed by atoms with Gasteiger partial charge in [-0.25, -0.2) is 4.79 Å². The molecule has 1 fully saturated rings. The normalized spacial score (nSPS) is 15.8. The van der Waals surface area contributed by atoms with Gasteiger partial charge >= 0.3 is 5.97 Å². The predicted octanol–water partition coefficient (Wildman–Crippen LogP) is 5.49. The fourth-order valence-electron chi connectivity index (χ4n) is 5.57. The van der Waals surface area contributed by atoms with Crippen molar-refractivity contribution in [3.05, 3.63) is 57.7 Å². The number of carbonyl (C=O) groups is 3. The number of esters is 1.